The van der Waals surface area contributed by atoms with Crippen LogP contribution in [0.3, 0.4) is 0 Å². The summed E-state index contributed by atoms with van der Waals surface area (Å²) in [6.45, 7) is 0. The number of halogens is 1. The lowest BCUT2D eigenvalue weighted by Crippen LogP contribution is -2.12. The minimum atomic E-state index is -1.10. The second-order valence-electron chi connectivity index (χ2n) is 4.60. The molecule has 0 aliphatic heterocycles. The smallest absolute Gasteiger partial charge is 0.339 e. The number of furan rings is 1. The van der Waals surface area contributed by atoms with Crippen molar-refractivity contribution in [3.63, 3.8) is 0 Å². The van der Waals surface area contributed by atoms with Crippen molar-refractivity contribution in [2.75, 3.05) is 5.32 Å². The first-order valence-corrected chi connectivity index (χ1v) is 8.19. The van der Waals surface area contributed by atoms with E-state index in [0.29, 0.717) is 5.56 Å². The van der Waals surface area contributed by atoms with Gasteiger partial charge >= 0.3 is 5.97 Å². The number of thiophene rings is 1. The topological polar surface area (TPSA) is 79.5 Å². The Bertz CT molecular complexity index is 853. The first-order valence-electron chi connectivity index (χ1n) is 6.52. The van der Waals surface area contributed by atoms with Gasteiger partial charge in [-0.05, 0) is 29.8 Å². The van der Waals surface area contributed by atoms with Crippen molar-refractivity contribution in [1.82, 2.24) is 0 Å². The first kappa shape index (κ1) is 15.5. The molecule has 0 radical (unpaired) electrons. The van der Waals surface area contributed by atoms with Crippen molar-refractivity contribution in [2.45, 2.75) is 0 Å². The molecule has 23 heavy (non-hydrogen) atoms. The molecule has 2 aromatic heterocycles. The van der Waals surface area contributed by atoms with Crippen molar-refractivity contribution >= 4 is 44.1 Å². The number of anilines is 1. The highest BCUT2D eigenvalue weighted by molar-refractivity contribution is 9.10. The molecule has 0 unspecified atom stereocenters. The van der Waals surface area contributed by atoms with Crippen molar-refractivity contribution in [3.05, 3.63) is 63.8 Å². The predicted molar refractivity (Wildman–Crippen MR) is 91.1 cm³/mol. The monoisotopic (exact) mass is 391 g/mol. The second-order valence-corrected chi connectivity index (χ2v) is 6.39. The van der Waals surface area contributed by atoms with Gasteiger partial charge in [0.2, 0.25) is 0 Å². The summed E-state index contributed by atoms with van der Waals surface area (Å²) in [4.78, 5) is 23.7. The number of hydrogen-bond donors (Lipinski definition) is 2. The van der Waals surface area contributed by atoms with E-state index in [1.807, 2.05) is 24.3 Å². The molecular formula is C16H10BrNO4S. The van der Waals surface area contributed by atoms with Gasteiger partial charge in [0.25, 0.3) is 5.91 Å². The van der Waals surface area contributed by atoms with Crippen LogP contribution in [0.1, 0.15) is 20.9 Å². The highest BCUT2D eigenvalue weighted by Gasteiger charge is 2.22. The fraction of sp³-hybridized carbons (Fsp3) is 0. The molecule has 116 valence electrons. The molecule has 3 rings (SSSR count). The molecule has 0 saturated heterocycles. The van der Waals surface area contributed by atoms with Crippen molar-refractivity contribution in [2.24, 2.45) is 0 Å². The van der Waals surface area contributed by atoms with Crippen LogP contribution in [-0.4, -0.2) is 17.0 Å². The number of carbonyl (C=O) groups is 2. The molecule has 7 heteroatoms. The summed E-state index contributed by atoms with van der Waals surface area (Å²) in [6, 6.07) is 10.4. The summed E-state index contributed by atoms with van der Waals surface area (Å²) >= 11 is 4.51. The Kier molecular flexibility index (Phi) is 4.31. The molecule has 0 spiro atoms. The van der Waals surface area contributed by atoms with Crippen LogP contribution < -0.4 is 5.32 Å². The van der Waals surface area contributed by atoms with Crippen LogP contribution in [0, 0.1) is 0 Å². The number of hydrogen-bond acceptors (Lipinski definition) is 4. The summed E-state index contributed by atoms with van der Waals surface area (Å²) in [5.41, 5.74) is 1.39. The normalized spacial score (nSPS) is 10.5. The van der Waals surface area contributed by atoms with Gasteiger partial charge in [0.15, 0.2) is 5.76 Å². The molecule has 0 saturated carbocycles. The van der Waals surface area contributed by atoms with Crippen molar-refractivity contribution in [3.8, 4) is 11.1 Å². The molecule has 0 aliphatic rings. The highest BCUT2D eigenvalue weighted by atomic mass is 79.9. The summed E-state index contributed by atoms with van der Waals surface area (Å²) in [7, 11) is 0. The number of aromatic carboxylic acids is 1. The van der Waals surface area contributed by atoms with Crippen LogP contribution in [-0.2, 0) is 0 Å². The van der Waals surface area contributed by atoms with Crippen LogP contribution in [0.2, 0.25) is 0 Å². The van der Waals surface area contributed by atoms with E-state index in [9.17, 15) is 14.7 Å². The maximum Gasteiger partial charge on any atom is 0.339 e. The molecule has 3 aromatic rings. The van der Waals surface area contributed by atoms with E-state index in [0.717, 1.165) is 21.4 Å². The highest BCUT2D eigenvalue weighted by Crippen LogP contribution is 2.36. The Labute approximate surface area is 143 Å². The van der Waals surface area contributed by atoms with Gasteiger partial charge < -0.3 is 14.8 Å². The number of rotatable bonds is 4. The summed E-state index contributed by atoms with van der Waals surface area (Å²) in [6.07, 6.45) is 1.38. The van der Waals surface area contributed by atoms with E-state index in [-0.39, 0.29) is 16.3 Å². The lowest BCUT2D eigenvalue weighted by atomic mass is 10.0. The molecular weight excluding hydrogens is 382 g/mol. The zero-order valence-electron chi connectivity index (χ0n) is 11.6. The Morgan fingerprint density at radius 3 is 2.52 bits per heavy atom. The van der Waals surface area contributed by atoms with Crippen LogP contribution in [0.15, 0.2) is 56.9 Å². The SMILES string of the molecule is O=C(Nc1scc(-c2ccc(Br)cc2)c1C(=O)O)c1ccco1. The third-order valence-electron chi connectivity index (χ3n) is 3.13. The average molecular weight is 392 g/mol. The molecule has 1 amide bonds. The quantitative estimate of drug-likeness (QED) is 0.673. The third kappa shape index (κ3) is 3.20. The third-order valence-corrected chi connectivity index (χ3v) is 4.56. The van der Waals surface area contributed by atoms with Gasteiger partial charge in [-0.25, -0.2) is 4.79 Å². The number of carboxylic acids is 1. The van der Waals surface area contributed by atoms with Gasteiger partial charge in [-0.3, -0.25) is 4.79 Å². The van der Waals surface area contributed by atoms with Crippen molar-refractivity contribution in [1.29, 1.82) is 0 Å². The largest absolute Gasteiger partial charge is 0.478 e. The number of carbonyl (C=O) groups excluding carboxylic acids is 1. The Morgan fingerprint density at radius 1 is 1.17 bits per heavy atom. The van der Waals surface area contributed by atoms with E-state index in [2.05, 4.69) is 21.2 Å². The zero-order chi connectivity index (χ0) is 16.4. The fourth-order valence-electron chi connectivity index (χ4n) is 2.08. The molecule has 2 heterocycles. The minimum Gasteiger partial charge on any atom is -0.478 e. The Balaban J connectivity index is 1.97. The fourth-order valence-corrected chi connectivity index (χ4v) is 3.30. The van der Waals surface area contributed by atoms with Gasteiger partial charge in [0.1, 0.15) is 10.6 Å². The zero-order valence-corrected chi connectivity index (χ0v) is 14.0. The molecule has 2 N–H and O–H groups in total. The van der Waals surface area contributed by atoms with E-state index >= 15 is 0 Å². The summed E-state index contributed by atoms with van der Waals surface area (Å²) < 4.78 is 5.91. The number of amides is 1. The van der Waals surface area contributed by atoms with Gasteiger partial charge in [-0.1, -0.05) is 28.1 Å². The number of nitrogens with one attached hydrogen (secondary N) is 1. The first-order chi connectivity index (χ1) is 11.1. The van der Waals surface area contributed by atoms with Crippen LogP contribution >= 0.6 is 27.3 Å². The van der Waals surface area contributed by atoms with Crippen molar-refractivity contribution < 1.29 is 19.1 Å². The van der Waals surface area contributed by atoms with E-state index < -0.39 is 11.9 Å². The maximum atomic E-state index is 12.0. The summed E-state index contributed by atoms with van der Waals surface area (Å²) in [5.74, 6) is -1.46. The van der Waals surface area contributed by atoms with E-state index in [4.69, 9.17) is 4.42 Å². The van der Waals surface area contributed by atoms with Gasteiger partial charge in [-0.15, -0.1) is 11.3 Å². The lowest BCUT2D eigenvalue weighted by Gasteiger charge is -2.05. The molecule has 0 atom stereocenters. The lowest BCUT2D eigenvalue weighted by molar-refractivity contribution is 0.0699. The molecule has 0 aliphatic carbocycles. The minimum absolute atomic E-state index is 0.0669. The molecule has 0 fully saturated rings. The Morgan fingerprint density at radius 2 is 1.91 bits per heavy atom. The maximum absolute atomic E-state index is 12.0. The van der Waals surface area contributed by atoms with Crippen LogP contribution in [0.4, 0.5) is 5.00 Å². The molecule has 0 bridgehead atoms. The van der Waals surface area contributed by atoms with Gasteiger partial charge in [-0.2, -0.15) is 0 Å². The Hall–Kier alpha value is -2.38. The number of carboxylic acid groups (broad SMARTS) is 1. The standard InChI is InChI=1S/C16H10BrNO4S/c17-10-5-3-9(4-6-10)11-8-23-15(13(11)16(20)21)18-14(19)12-2-1-7-22-12/h1-8H,(H,18,19)(H,20,21). The number of benzene rings is 1. The van der Waals surface area contributed by atoms with Crippen LogP contribution in [0.5, 0.6) is 0 Å². The summed E-state index contributed by atoms with van der Waals surface area (Å²) in [5, 5.41) is 14.1. The van der Waals surface area contributed by atoms with E-state index in [1.165, 1.54) is 12.3 Å². The van der Waals surface area contributed by atoms with E-state index in [1.54, 1.807) is 11.4 Å². The predicted octanol–water partition coefficient (Wildman–Crippen LogP) is 4.72. The average Bonchev–Trinajstić information content (AvgIpc) is 3.17. The van der Waals surface area contributed by atoms with Gasteiger partial charge in [0.05, 0.1) is 6.26 Å². The second kappa shape index (κ2) is 6.39. The van der Waals surface area contributed by atoms with Crippen LogP contribution in [0.25, 0.3) is 11.1 Å². The molecule has 5 nitrogen and oxygen atoms in total. The molecule has 1 aromatic carbocycles. The van der Waals surface area contributed by atoms with Gasteiger partial charge in [0, 0.05) is 15.4 Å².